The van der Waals surface area contributed by atoms with Crippen molar-refractivity contribution in [2.75, 3.05) is 18.8 Å². The van der Waals surface area contributed by atoms with Gasteiger partial charge in [0.05, 0.1) is 18.1 Å². The van der Waals surface area contributed by atoms with E-state index in [2.05, 4.69) is 44.2 Å². The minimum absolute atomic E-state index is 0.169. The van der Waals surface area contributed by atoms with Gasteiger partial charge in [0, 0.05) is 6.54 Å². The Morgan fingerprint density at radius 3 is 2.25 bits per heavy atom. The molecule has 1 aliphatic heterocycles. The number of anilines is 1. The lowest BCUT2D eigenvalue weighted by Gasteiger charge is -2.14. The standard InChI is InChI=1S/C24H25FN6O/c25-20-9-7-19(8-10-20)16-32-24-28-22(26)21-13-27-31(23(21)29-24)15-18-5-3-17(4-6-18)14-30-11-1-2-12-30/h3-10,13H,1-2,11-12,14-16H2,(H2,26,28,29). The Hall–Kier alpha value is -3.52. The van der Waals surface area contributed by atoms with Crippen LogP contribution < -0.4 is 10.5 Å². The van der Waals surface area contributed by atoms with Crippen LogP contribution in [-0.2, 0) is 19.7 Å². The monoisotopic (exact) mass is 432 g/mol. The molecule has 1 fully saturated rings. The van der Waals surface area contributed by atoms with E-state index in [9.17, 15) is 4.39 Å². The Balaban J connectivity index is 1.31. The maximum Gasteiger partial charge on any atom is 0.320 e. The van der Waals surface area contributed by atoms with Gasteiger partial charge in [-0.15, -0.1) is 0 Å². The molecule has 4 aromatic rings. The number of fused-ring (bicyclic) bond motifs is 1. The highest BCUT2D eigenvalue weighted by Crippen LogP contribution is 2.22. The van der Waals surface area contributed by atoms with E-state index in [1.165, 1.54) is 43.6 Å². The minimum atomic E-state index is -0.288. The van der Waals surface area contributed by atoms with E-state index in [-0.39, 0.29) is 18.4 Å². The number of rotatable bonds is 7. The molecule has 0 spiro atoms. The van der Waals surface area contributed by atoms with Gasteiger partial charge in [0.15, 0.2) is 5.65 Å². The van der Waals surface area contributed by atoms with Crippen LogP contribution in [0.3, 0.4) is 0 Å². The van der Waals surface area contributed by atoms with Crippen LogP contribution in [0, 0.1) is 5.82 Å². The van der Waals surface area contributed by atoms with Crippen molar-refractivity contribution in [3.63, 3.8) is 0 Å². The second-order valence-corrected chi connectivity index (χ2v) is 8.15. The minimum Gasteiger partial charge on any atom is -0.458 e. The molecule has 2 N–H and O–H groups in total. The summed E-state index contributed by atoms with van der Waals surface area (Å²) < 4.78 is 20.6. The number of nitrogens with zero attached hydrogens (tertiary/aromatic N) is 5. The van der Waals surface area contributed by atoms with Crippen LogP contribution >= 0.6 is 0 Å². The van der Waals surface area contributed by atoms with Gasteiger partial charge in [-0.05, 0) is 54.8 Å². The summed E-state index contributed by atoms with van der Waals surface area (Å²) in [5.41, 5.74) is 10.00. The fraction of sp³-hybridized carbons (Fsp3) is 0.292. The van der Waals surface area contributed by atoms with Crippen LogP contribution in [0.5, 0.6) is 6.01 Å². The molecule has 32 heavy (non-hydrogen) atoms. The van der Waals surface area contributed by atoms with Crippen molar-refractivity contribution in [3.05, 3.63) is 77.2 Å². The van der Waals surface area contributed by atoms with Crippen LogP contribution in [0.1, 0.15) is 29.5 Å². The van der Waals surface area contributed by atoms with Gasteiger partial charge >= 0.3 is 6.01 Å². The number of likely N-dealkylation sites (tertiary alicyclic amines) is 1. The normalized spacial score (nSPS) is 14.3. The molecule has 8 heteroatoms. The van der Waals surface area contributed by atoms with E-state index in [1.54, 1.807) is 23.0 Å². The summed E-state index contributed by atoms with van der Waals surface area (Å²) in [6.07, 6.45) is 4.27. The SMILES string of the molecule is Nc1nc(OCc2ccc(F)cc2)nc2c1cnn2Cc1ccc(CN2CCCC2)cc1. The summed E-state index contributed by atoms with van der Waals surface area (Å²) in [7, 11) is 0. The fourth-order valence-electron chi connectivity index (χ4n) is 3.99. The Morgan fingerprint density at radius 1 is 0.875 bits per heavy atom. The van der Waals surface area contributed by atoms with Crippen molar-refractivity contribution >= 4 is 16.9 Å². The number of aromatic nitrogens is 4. The third-order valence-corrected chi connectivity index (χ3v) is 5.75. The van der Waals surface area contributed by atoms with Gasteiger partial charge in [-0.2, -0.15) is 15.1 Å². The van der Waals surface area contributed by atoms with Crippen molar-refractivity contribution in [2.24, 2.45) is 0 Å². The van der Waals surface area contributed by atoms with Gasteiger partial charge < -0.3 is 10.5 Å². The third kappa shape index (κ3) is 4.55. The molecule has 0 bridgehead atoms. The number of ether oxygens (including phenoxy) is 1. The van der Waals surface area contributed by atoms with Crippen LogP contribution in [0.2, 0.25) is 0 Å². The largest absolute Gasteiger partial charge is 0.458 e. The molecule has 2 aromatic heterocycles. The number of nitrogens with two attached hydrogens (primary N) is 1. The van der Waals surface area contributed by atoms with Crippen LogP contribution in [0.15, 0.2) is 54.7 Å². The zero-order valence-corrected chi connectivity index (χ0v) is 17.7. The first-order chi connectivity index (χ1) is 15.6. The van der Waals surface area contributed by atoms with E-state index in [0.29, 0.717) is 23.4 Å². The van der Waals surface area contributed by atoms with Crippen molar-refractivity contribution in [1.29, 1.82) is 0 Å². The predicted octanol–water partition coefficient (Wildman–Crippen LogP) is 3.77. The van der Waals surface area contributed by atoms with Crippen molar-refractivity contribution in [3.8, 4) is 6.01 Å². The molecule has 1 saturated heterocycles. The number of hydrogen-bond acceptors (Lipinski definition) is 6. The predicted molar refractivity (Wildman–Crippen MR) is 121 cm³/mol. The fourth-order valence-corrected chi connectivity index (χ4v) is 3.99. The highest BCUT2D eigenvalue weighted by Gasteiger charge is 2.14. The molecule has 0 saturated carbocycles. The molecular weight excluding hydrogens is 407 g/mol. The summed E-state index contributed by atoms with van der Waals surface area (Å²) in [5.74, 6) is 0.0277. The molecule has 2 aromatic carbocycles. The van der Waals surface area contributed by atoms with E-state index < -0.39 is 0 Å². The molecule has 5 rings (SSSR count). The van der Waals surface area contributed by atoms with Crippen molar-refractivity contribution in [2.45, 2.75) is 32.5 Å². The maximum atomic E-state index is 13.1. The average molecular weight is 433 g/mol. The molecule has 0 unspecified atom stereocenters. The van der Waals surface area contributed by atoms with Crippen LogP contribution in [-0.4, -0.2) is 37.7 Å². The summed E-state index contributed by atoms with van der Waals surface area (Å²) in [4.78, 5) is 11.2. The Labute approximate surface area is 185 Å². The number of hydrogen-bond donors (Lipinski definition) is 1. The van der Waals surface area contributed by atoms with E-state index in [0.717, 1.165) is 17.7 Å². The summed E-state index contributed by atoms with van der Waals surface area (Å²) >= 11 is 0. The molecule has 0 amide bonds. The molecule has 3 heterocycles. The molecular formula is C24H25FN6O. The smallest absolute Gasteiger partial charge is 0.320 e. The van der Waals surface area contributed by atoms with Gasteiger partial charge in [-0.1, -0.05) is 36.4 Å². The zero-order valence-electron chi connectivity index (χ0n) is 17.7. The van der Waals surface area contributed by atoms with E-state index in [1.807, 2.05) is 0 Å². The second kappa shape index (κ2) is 8.92. The first-order valence-corrected chi connectivity index (χ1v) is 10.8. The third-order valence-electron chi connectivity index (χ3n) is 5.75. The van der Waals surface area contributed by atoms with Crippen molar-refractivity contribution in [1.82, 2.24) is 24.6 Å². The zero-order chi connectivity index (χ0) is 21.9. The first-order valence-electron chi connectivity index (χ1n) is 10.8. The van der Waals surface area contributed by atoms with E-state index in [4.69, 9.17) is 10.5 Å². The summed E-state index contributed by atoms with van der Waals surface area (Å²) in [6.45, 7) is 4.17. The second-order valence-electron chi connectivity index (χ2n) is 8.15. The molecule has 1 aliphatic rings. The van der Waals surface area contributed by atoms with E-state index >= 15 is 0 Å². The molecule has 0 aliphatic carbocycles. The van der Waals surface area contributed by atoms with Crippen LogP contribution in [0.4, 0.5) is 10.2 Å². The summed E-state index contributed by atoms with van der Waals surface area (Å²) in [5, 5.41) is 5.14. The summed E-state index contributed by atoms with van der Waals surface area (Å²) in [6, 6.07) is 14.9. The van der Waals surface area contributed by atoms with Gasteiger partial charge in [0.2, 0.25) is 0 Å². The lowest BCUT2D eigenvalue weighted by molar-refractivity contribution is 0.282. The van der Waals surface area contributed by atoms with Gasteiger partial charge in [-0.3, -0.25) is 4.90 Å². The Morgan fingerprint density at radius 2 is 1.53 bits per heavy atom. The number of halogens is 1. The molecule has 164 valence electrons. The number of nitrogen functional groups attached to an aromatic ring is 1. The Bertz CT molecular complexity index is 1200. The quantitative estimate of drug-likeness (QED) is 0.479. The first kappa shape index (κ1) is 20.4. The van der Waals surface area contributed by atoms with Crippen molar-refractivity contribution < 1.29 is 9.13 Å². The topological polar surface area (TPSA) is 82.1 Å². The highest BCUT2D eigenvalue weighted by atomic mass is 19.1. The highest BCUT2D eigenvalue weighted by molar-refractivity contribution is 5.85. The average Bonchev–Trinajstić information content (AvgIpc) is 3.45. The maximum absolute atomic E-state index is 13.1. The van der Waals surface area contributed by atoms with Crippen LogP contribution in [0.25, 0.3) is 11.0 Å². The van der Waals surface area contributed by atoms with Gasteiger partial charge in [0.25, 0.3) is 0 Å². The lowest BCUT2D eigenvalue weighted by atomic mass is 10.1. The lowest BCUT2D eigenvalue weighted by Crippen LogP contribution is -2.18. The molecule has 0 radical (unpaired) electrons. The molecule has 7 nitrogen and oxygen atoms in total. The molecule has 0 atom stereocenters. The Kier molecular flexibility index (Phi) is 5.68. The van der Waals surface area contributed by atoms with Gasteiger partial charge in [0.1, 0.15) is 18.2 Å². The number of benzene rings is 2. The van der Waals surface area contributed by atoms with Gasteiger partial charge in [-0.25, -0.2) is 9.07 Å².